The first-order valence-corrected chi connectivity index (χ1v) is 7.55. The van der Waals surface area contributed by atoms with E-state index in [0.29, 0.717) is 11.4 Å². The van der Waals surface area contributed by atoms with Gasteiger partial charge < -0.3 is 15.7 Å². The molecule has 4 atom stereocenters. The van der Waals surface area contributed by atoms with Gasteiger partial charge in [-0.3, -0.25) is 14.4 Å². The fourth-order valence-electron chi connectivity index (χ4n) is 3.58. The van der Waals surface area contributed by atoms with Gasteiger partial charge in [0.1, 0.15) is 0 Å². The number of anilines is 2. The summed E-state index contributed by atoms with van der Waals surface area (Å²) < 4.78 is 0. The number of carboxylic acids is 1. The van der Waals surface area contributed by atoms with Crippen LogP contribution in [0.1, 0.15) is 13.3 Å². The van der Waals surface area contributed by atoms with Crippen molar-refractivity contribution in [1.29, 1.82) is 0 Å². The molecule has 6 heteroatoms. The summed E-state index contributed by atoms with van der Waals surface area (Å²) in [5.41, 5.74) is 1.22. The number of hydrogen-bond acceptors (Lipinski definition) is 3. The van der Waals surface area contributed by atoms with Gasteiger partial charge in [0.05, 0.1) is 11.8 Å². The predicted octanol–water partition coefficient (Wildman–Crippen LogP) is 2.11. The van der Waals surface area contributed by atoms with Crippen LogP contribution in [0.25, 0.3) is 0 Å². The largest absolute Gasteiger partial charge is 0.481 e. The highest BCUT2D eigenvalue weighted by Gasteiger charge is 2.51. The van der Waals surface area contributed by atoms with E-state index in [1.165, 1.54) is 6.92 Å². The van der Waals surface area contributed by atoms with E-state index in [9.17, 15) is 19.5 Å². The molecular weight excluding hydrogens is 296 g/mol. The van der Waals surface area contributed by atoms with Crippen molar-refractivity contribution in [2.75, 3.05) is 10.6 Å². The maximum Gasteiger partial charge on any atom is 0.307 e. The molecule has 0 radical (unpaired) electrons. The zero-order chi connectivity index (χ0) is 16.6. The van der Waals surface area contributed by atoms with E-state index in [2.05, 4.69) is 10.6 Å². The fourth-order valence-corrected chi connectivity index (χ4v) is 3.58. The molecule has 2 amide bonds. The second kappa shape index (κ2) is 5.87. The lowest BCUT2D eigenvalue weighted by Gasteiger charge is -2.23. The molecule has 0 heterocycles. The van der Waals surface area contributed by atoms with Crippen LogP contribution in [-0.4, -0.2) is 22.9 Å². The Hall–Kier alpha value is -2.63. The van der Waals surface area contributed by atoms with Gasteiger partial charge in [-0.25, -0.2) is 0 Å². The number of carboxylic acid groups (broad SMARTS) is 1. The Morgan fingerprint density at radius 2 is 1.48 bits per heavy atom. The molecule has 0 spiro atoms. The minimum absolute atomic E-state index is 0.000229. The smallest absolute Gasteiger partial charge is 0.307 e. The van der Waals surface area contributed by atoms with Crippen LogP contribution in [0.4, 0.5) is 11.4 Å². The molecule has 1 aromatic rings. The number of amides is 2. The molecule has 2 bridgehead atoms. The lowest BCUT2D eigenvalue weighted by atomic mass is 9.82. The lowest BCUT2D eigenvalue weighted by Crippen LogP contribution is -2.36. The third kappa shape index (κ3) is 2.97. The van der Waals surface area contributed by atoms with E-state index in [4.69, 9.17) is 0 Å². The quantitative estimate of drug-likeness (QED) is 0.742. The summed E-state index contributed by atoms with van der Waals surface area (Å²) in [4.78, 5) is 34.9. The first-order valence-electron chi connectivity index (χ1n) is 7.55. The third-order valence-electron chi connectivity index (χ3n) is 4.52. The minimum Gasteiger partial charge on any atom is -0.481 e. The van der Waals surface area contributed by atoms with Gasteiger partial charge in [-0.2, -0.15) is 0 Å². The number of nitrogens with one attached hydrogen (secondary N) is 2. The monoisotopic (exact) mass is 314 g/mol. The number of benzene rings is 1. The highest BCUT2D eigenvalue weighted by atomic mass is 16.4. The highest BCUT2D eigenvalue weighted by molar-refractivity contribution is 5.96. The van der Waals surface area contributed by atoms with Gasteiger partial charge >= 0.3 is 5.97 Å². The van der Waals surface area contributed by atoms with Crippen molar-refractivity contribution in [2.24, 2.45) is 23.7 Å². The molecule has 1 fully saturated rings. The first-order chi connectivity index (χ1) is 11.0. The van der Waals surface area contributed by atoms with Crippen LogP contribution in [-0.2, 0) is 14.4 Å². The second-order valence-electron chi connectivity index (χ2n) is 6.09. The lowest BCUT2D eigenvalue weighted by molar-refractivity contribution is -0.146. The summed E-state index contributed by atoms with van der Waals surface area (Å²) in [6, 6.07) is 6.74. The number of carbonyl (C=O) groups excluding carboxylic acids is 2. The topological polar surface area (TPSA) is 95.5 Å². The van der Waals surface area contributed by atoms with Crippen molar-refractivity contribution in [2.45, 2.75) is 13.3 Å². The number of fused-ring (bicyclic) bond motifs is 2. The summed E-state index contributed by atoms with van der Waals surface area (Å²) in [5, 5.41) is 14.8. The predicted molar refractivity (Wildman–Crippen MR) is 84.7 cm³/mol. The second-order valence-corrected chi connectivity index (χ2v) is 6.09. The number of allylic oxidation sites excluding steroid dienone is 2. The molecule has 0 aromatic heterocycles. The Balaban J connectivity index is 1.70. The number of rotatable bonds is 4. The van der Waals surface area contributed by atoms with Gasteiger partial charge in [0.15, 0.2) is 0 Å². The van der Waals surface area contributed by atoms with Crippen molar-refractivity contribution in [1.82, 2.24) is 0 Å². The van der Waals surface area contributed by atoms with E-state index < -0.39 is 17.8 Å². The summed E-state index contributed by atoms with van der Waals surface area (Å²) in [6.45, 7) is 1.42. The van der Waals surface area contributed by atoms with Crippen LogP contribution in [0.5, 0.6) is 0 Å². The van der Waals surface area contributed by atoms with Crippen molar-refractivity contribution < 1.29 is 19.5 Å². The van der Waals surface area contributed by atoms with Gasteiger partial charge in [-0.05, 0) is 42.5 Å². The third-order valence-corrected chi connectivity index (χ3v) is 4.52. The Kier molecular flexibility index (Phi) is 3.90. The molecule has 23 heavy (non-hydrogen) atoms. The average molecular weight is 314 g/mol. The van der Waals surface area contributed by atoms with E-state index in [1.807, 2.05) is 12.2 Å². The fraction of sp³-hybridized carbons (Fsp3) is 0.353. The van der Waals surface area contributed by atoms with Crippen LogP contribution >= 0.6 is 0 Å². The molecule has 3 N–H and O–H groups in total. The molecule has 0 saturated heterocycles. The molecule has 2 aliphatic carbocycles. The molecule has 1 aromatic carbocycles. The van der Waals surface area contributed by atoms with E-state index in [-0.39, 0.29) is 23.7 Å². The molecule has 2 aliphatic rings. The number of hydrogen-bond donors (Lipinski definition) is 3. The molecule has 1 saturated carbocycles. The van der Waals surface area contributed by atoms with Crippen molar-refractivity contribution in [3.63, 3.8) is 0 Å². The van der Waals surface area contributed by atoms with Crippen LogP contribution in [0.15, 0.2) is 36.4 Å². The van der Waals surface area contributed by atoms with Crippen molar-refractivity contribution in [3.05, 3.63) is 36.4 Å². The van der Waals surface area contributed by atoms with Crippen LogP contribution in [0.2, 0.25) is 0 Å². The normalized spacial score (nSPS) is 27.7. The summed E-state index contributed by atoms with van der Waals surface area (Å²) in [5.74, 6) is -2.57. The summed E-state index contributed by atoms with van der Waals surface area (Å²) in [7, 11) is 0. The van der Waals surface area contributed by atoms with Crippen LogP contribution in [0, 0.1) is 23.7 Å². The zero-order valence-electron chi connectivity index (χ0n) is 12.7. The standard InChI is InChI=1S/C17H18N2O4/c1-9(20)18-12-4-6-13(7-5-12)19-16(21)14-10-2-3-11(8-10)15(14)17(22)23/h2-7,10-11,14-15H,8H2,1H3,(H,18,20)(H,19,21)(H,22,23)/t10-,11-,14-,15+/m0/s1. The van der Waals surface area contributed by atoms with Gasteiger partial charge in [-0.1, -0.05) is 12.2 Å². The maximum absolute atomic E-state index is 12.5. The minimum atomic E-state index is -0.914. The SMILES string of the molecule is CC(=O)Nc1ccc(NC(=O)[C@@H]2[C@H](C(=O)O)[C@H]3C=C[C@H]2C3)cc1. The zero-order valence-corrected chi connectivity index (χ0v) is 12.7. The van der Waals surface area contributed by atoms with Crippen molar-refractivity contribution >= 4 is 29.2 Å². The molecule has 120 valence electrons. The average Bonchev–Trinajstić information content (AvgIpc) is 3.09. The Morgan fingerprint density at radius 3 is 2.00 bits per heavy atom. The highest BCUT2D eigenvalue weighted by Crippen LogP contribution is 2.48. The summed E-state index contributed by atoms with van der Waals surface area (Å²) >= 11 is 0. The maximum atomic E-state index is 12.5. The van der Waals surface area contributed by atoms with E-state index >= 15 is 0 Å². The molecular formula is C17H18N2O4. The van der Waals surface area contributed by atoms with Gasteiger partial charge in [0.25, 0.3) is 0 Å². The molecule has 6 nitrogen and oxygen atoms in total. The first kappa shape index (κ1) is 15.3. The Labute approximate surface area is 133 Å². The molecule has 3 rings (SSSR count). The van der Waals surface area contributed by atoms with Crippen LogP contribution < -0.4 is 10.6 Å². The Bertz CT molecular complexity index is 680. The van der Waals surface area contributed by atoms with Crippen molar-refractivity contribution in [3.8, 4) is 0 Å². The Morgan fingerprint density at radius 1 is 0.957 bits per heavy atom. The van der Waals surface area contributed by atoms with E-state index in [0.717, 1.165) is 6.42 Å². The number of carbonyl (C=O) groups is 3. The van der Waals surface area contributed by atoms with Gasteiger partial charge in [0.2, 0.25) is 11.8 Å². The number of aliphatic carboxylic acids is 1. The van der Waals surface area contributed by atoms with Gasteiger partial charge in [-0.15, -0.1) is 0 Å². The van der Waals surface area contributed by atoms with E-state index in [1.54, 1.807) is 24.3 Å². The molecule has 0 unspecified atom stereocenters. The summed E-state index contributed by atoms with van der Waals surface area (Å²) in [6.07, 6.45) is 4.60. The van der Waals surface area contributed by atoms with Gasteiger partial charge in [0, 0.05) is 18.3 Å². The van der Waals surface area contributed by atoms with Crippen LogP contribution in [0.3, 0.4) is 0 Å². The molecule has 0 aliphatic heterocycles.